The summed E-state index contributed by atoms with van der Waals surface area (Å²) in [5.74, 6) is -0.243. The Labute approximate surface area is 229 Å². The normalized spacial score (nSPS) is 12.1. The number of anilines is 1. The van der Waals surface area contributed by atoms with E-state index in [0.29, 0.717) is 10.8 Å². The first-order valence-corrected chi connectivity index (χ1v) is 13.9. The van der Waals surface area contributed by atoms with Gasteiger partial charge in [0.1, 0.15) is 18.3 Å². The van der Waals surface area contributed by atoms with Gasteiger partial charge in [0.25, 0.3) is 10.0 Å². The summed E-state index contributed by atoms with van der Waals surface area (Å²) in [5, 5.41) is 3.15. The number of rotatable bonds is 11. The molecule has 3 rings (SSSR count). The minimum absolute atomic E-state index is 0.0279. The van der Waals surface area contributed by atoms with E-state index in [2.05, 4.69) is 5.32 Å². The van der Waals surface area contributed by atoms with Crippen molar-refractivity contribution in [2.45, 2.75) is 44.3 Å². The smallest absolute Gasteiger partial charge is 0.264 e. The second-order valence-corrected chi connectivity index (χ2v) is 11.3. The number of benzene rings is 3. The quantitative estimate of drug-likeness (QED) is 0.375. The molecule has 3 aromatic rings. The Morgan fingerprint density at radius 3 is 2.18 bits per heavy atom. The Kier molecular flexibility index (Phi) is 9.77. The molecule has 0 aliphatic rings. The highest BCUT2D eigenvalue weighted by atomic mass is 35.5. The van der Waals surface area contributed by atoms with Gasteiger partial charge in [-0.2, -0.15) is 0 Å². The van der Waals surface area contributed by atoms with E-state index in [1.807, 2.05) is 13.8 Å². The number of hydrogen-bond donors (Lipinski definition) is 1. The van der Waals surface area contributed by atoms with Crippen molar-refractivity contribution in [3.05, 3.63) is 89.4 Å². The van der Waals surface area contributed by atoms with Crippen LogP contribution in [-0.4, -0.2) is 50.9 Å². The van der Waals surface area contributed by atoms with Gasteiger partial charge in [-0.15, -0.1) is 0 Å². The number of nitrogens with one attached hydrogen (secondary N) is 1. The molecular formula is C28H32ClN3O5S. The summed E-state index contributed by atoms with van der Waals surface area (Å²) in [6.45, 7) is 4.83. The fourth-order valence-electron chi connectivity index (χ4n) is 3.80. The lowest BCUT2D eigenvalue weighted by Crippen LogP contribution is -2.52. The Morgan fingerprint density at radius 1 is 0.947 bits per heavy atom. The molecule has 0 aliphatic heterocycles. The van der Waals surface area contributed by atoms with Crippen LogP contribution in [0.1, 0.15) is 26.3 Å². The summed E-state index contributed by atoms with van der Waals surface area (Å²) in [6.07, 6.45) is 0. The molecule has 1 atom stereocenters. The lowest BCUT2D eigenvalue weighted by molar-refractivity contribution is -0.139. The van der Waals surface area contributed by atoms with Crippen LogP contribution in [0.15, 0.2) is 83.8 Å². The highest BCUT2D eigenvalue weighted by Gasteiger charge is 2.32. The fourth-order valence-corrected chi connectivity index (χ4v) is 5.41. The van der Waals surface area contributed by atoms with Gasteiger partial charge in [0.15, 0.2) is 0 Å². The monoisotopic (exact) mass is 557 g/mol. The molecule has 3 aromatic carbocycles. The standard InChI is InChI=1S/C28H32ClN3O5S/c1-20(2)30-28(34)21(3)31(18-22-13-15-25(37-4)16-14-22)27(33)19-32(24-10-8-9-23(29)17-24)38(35,36)26-11-6-5-7-12-26/h5-17,20-21H,18-19H2,1-4H3,(H,30,34)/t21-/m1/s1. The van der Waals surface area contributed by atoms with Gasteiger partial charge in [-0.1, -0.05) is 48.0 Å². The third kappa shape index (κ3) is 7.26. The topological polar surface area (TPSA) is 96.0 Å². The largest absolute Gasteiger partial charge is 0.497 e. The van der Waals surface area contributed by atoms with Crippen LogP contribution >= 0.6 is 11.6 Å². The summed E-state index contributed by atoms with van der Waals surface area (Å²) in [5.41, 5.74) is 0.988. The zero-order valence-corrected chi connectivity index (χ0v) is 23.4. The van der Waals surface area contributed by atoms with Crippen LogP contribution in [-0.2, 0) is 26.2 Å². The Bertz CT molecular complexity index is 1350. The van der Waals surface area contributed by atoms with E-state index in [1.165, 1.54) is 23.1 Å². The number of methoxy groups -OCH3 is 1. The van der Waals surface area contributed by atoms with Crippen molar-refractivity contribution in [1.82, 2.24) is 10.2 Å². The van der Waals surface area contributed by atoms with E-state index < -0.39 is 28.5 Å². The average Bonchev–Trinajstić information content (AvgIpc) is 2.90. The maximum absolute atomic E-state index is 13.8. The van der Waals surface area contributed by atoms with E-state index in [9.17, 15) is 18.0 Å². The summed E-state index contributed by atoms with van der Waals surface area (Å²) < 4.78 is 33.6. The number of hydrogen-bond acceptors (Lipinski definition) is 5. The van der Waals surface area contributed by atoms with Crippen LogP contribution in [0.25, 0.3) is 0 Å². The van der Waals surface area contributed by atoms with Gasteiger partial charge in [0.2, 0.25) is 11.8 Å². The highest BCUT2D eigenvalue weighted by Crippen LogP contribution is 2.27. The highest BCUT2D eigenvalue weighted by molar-refractivity contribution is 7.92. The van der Waals surface area contributed by atoms with Crippen molar-refractivity contribution in [2.75, 3.05) is 18.0 Å². The summed E-state index contributed by atoms with van der Waals surface area (Å²) >= 11 is 6.18. The number of carbonyl (C=O) groups is 2. The molecule has 0 spiro atoms. The van der Waals surface area contributed by atoms with E-state index in [0.717, 1.165) is 9.87 Å². The van der Waals surface area contributed by atoms with Crippen LogP contribution in [0.4, 0.5) is 5.69 Å². The first-order valence-electron chi connectivity index (χ1n) is 12.1. The predicted molar refractivity (Wildman–Crippen MR) is 149 cm³/mol. The van der Waals surface area contributed by atoms with E-state index in [1.54, 1.807) is 74.7 Å². The number of sulfonamides is 1. The number of amides is 2. The first kappa shape index (κ1) is 29.0. The van der Waals surface area contributed by atoms with Crippen LogP contribution < -0.4 is 14.4 Å². The van der Waals surface area contributed by atoms with Crippen LogP contribution in [0, 0.1) is 0 Å². The minimum atomic E-state index is -4.14. The molecule has 0 aliphatic carbocycles. The van der Waals surface area contributed by atoms with Crippen molar-refractivity contribution >= 4 is 39.1 Å². The lowest BCUT2D eigenvalue weighted by Gasteiger charge is -2.32. The molecule has 0 bridgehead atoms. The molecule has 0 unspecified atom stereocenters. The SMILES string of the molecule is COc1ccc(CN(C(=O)CN(c2cccc(Cl)c2)S(=O)(=O)c2ccccc2)[C@H](C)C(=O)NC(C)C)cc1. The van der Waals surface area contributed by atoms with Crippen LogP contribution in [0.3, 0.4) is 0 Å². The summed E-state index contributed by atoms with van der Waals surface area (Å²) in [6, 6.07) is 20.2. The van der Waals surface area contributed by atoms with Crippen LogP contribution in [0.2, 0.25) is 5.02 Å². The molecule has 0 saturated heterocycles. The van der Waals surface area contributed by atoms with Crippen molar-refractivity contribution in [1.29, 1.82) is 0 Å². The molecule has 10 heteroatoms. The zero-order chi connectivity index (χ0) is 27.9. The van der Waals surface area contributed by atoms with E-state index in [-0.39, 0.29) is 29.1 Å². The third-order valence-corrected chi connectivity index (χ3v) is 7.84. The molecule has 8 nitrogen and oxygen atoms in total. The molecule has 38 heavy (non-hydrogen) atoms. The lowest BCUT2D eigenvalue weighted by atomic mass is 10.1. The molecule has 0 aromatic heterocycles. The molecule has 2 amide bonds. The Morgan fingerprint density at radius 2 is 1.61 bits per heavy atom. The fraction of sp³-hybridized carbons (Fsp3) is 0.286. The van der Waals surface area contributed by atoms with Gasteiger partial charge in [-0.05, 0) is 68.8 Å². The number of ether oxygens (including phenoxy) is 1. The maximum Gasteiger partial charge on any atom is 0.264 e. The molecular weight excluding hydrogens is 526 g/mol. The van der Waals surface area contributed by atoms with Crippen molar-refractivity contribution in [3.8, 4) is 5.75 Å². The molecule has 1 N–H and O–H groups in total. The van der Waals surface area contributed by atoms with Crippen molar-refractivity contribution < 1.29 is 22.7 Å². The second kappa shape index (κ2) is 12.8. The minimum Gasteiger partial charge on any atom is -0.497 e. The number of nitrogens with zero attached hydrogens (tertiary/aromatic N) is 2. The Balaban J connectivity index is 2.01. The van der Waals surface area contributed by atoms with Gasteiger partial charge >= 0.3 is 0 Å². The predicted octanol–water partition coefficient (Wildman–Crippen LogP) is 4.49. The van der Waals surface area contributed by atoms with Gasteiger partial charge < -0.3 is 15.0 Å². The van der Waals surface area contributed by atoms with Gasteiger partial charge in [-0.3, -0.25) is 13.9 Å². The third-order valence-electron chi connectivity index (χ3n) is 5.82. The van der Waals surface area contributed by atoms with Crippen LogP contribution in [0.5, 0.6) is 5.75 Å². The Hall–Kier alpha value is -3.56. The average molecular weight is 558 g/mol. The number of halogens is 1. The number of carbonyl (C=O) groups excluding carboxylic acids is 2. The molecule has 0 radical (unpaired) electrons. The van der Waals surface area contributed by atoms with Gasteiger partial charge in [0, 0.05) is 17.6 Å². The summed E-state index contributed by atoms with van der Waals surface area (Å²) in [4.78, 5) is 28.2. The van der Waals surface area contributed by atoms with Gasteiger partial charge in [-0.25, -0.2) is 8.42 Å². The molecule has 0 heterocycles. The van der Waals surface area contributed by atoms with Gasteiger partial charge in [0.05, 0.1) is 17.7 Å². The molecule has 0 fully saturated rings. The van der Waals surface area contributed by atoms with Crippen molar-refractivity contribution in [2.24, 2.45) is 0 Å². The van der Waals surface area contributed by atoms with E-state index >= 15 is 0 Å². The maximum atomic E-state index is 13.8. The molecule has 202 valence electrons. The van der Waals surface area contributed by atoms with E-state index in [4.69, 9.17) is 16.3 Å². The van der Waals surface area contributed by atoms with Crippen molar-refractivity contribution in [3.63, 3.8) is 0 Å². The summed E-state index contributed by atoms with van der Waals surface area (Å²) in [7, 11) is -2.58. The second-order valence-electron chi connectivity index (χ2n) is 9.01. The molecule has 0 saturated carbocycles. The first-order chi connectivity index (χ1) is 18.0. The zero-order valence-electron chi connectivity index (χ0n) is 21.8.